The van der Waals surface area contributed by atoms with E-state index in [9.17, 15) is 9.90 Å². The lowest BCUT2D eigenvalue weighted by molar-refractivity contribution is 0.0958. The molecule has 1 N–H and O–H groups in total. The van der Waals surface area contributed by atoms with Crippen molar-refractivity contribution in [3.05, 3.63) is 65.5 Å². The molecule has 2 aromatic carbocycles. The Labute approximate surface area is 143 Å². The summed E-state index contributed by atoms with van der Waals surface area (Å²) in [4.78, 5) is 12.8. The third-order valence-electron chi connectivity index (χ3n) is 4.04. The largest absolute Gasteiger partial charge is 0.507 e. The predicted molar refractivity (Wildman–Crippen MR) is 96.5 cm³/mol. The smallest absolute Gasteiger partial charge is 0.265 e. The van der Waals surface area contributed by atoms with Crippen molar-refractivity contribution in [1.82, 2.24) is 4.57 Å². The molecule has 0 fully saturated rings. The van der Waals surface area contributed by atoms with Crippen molar-refractivity contribution in [2.45, 2.75) is 25.1 Å². The number of carbonyl (C=O) groups is 1. The lowest BCUT2D eigenvalue weighted by Crippen LogP contribution is -2.11. The van der Waals surface area contributed by atoms with Crippen molar-refractivity contribution in [1.29, 1.82) is 0 Å². The first-order valence-corrected chi connectivity index (χ1v) is 8.66. The topological polar surface area (TPSA) is 42.2 Å². The summed E-state index contributed by atoms with van der Waals surface area (Å²) in [6, 6.07) is 11.3. The summed E-state index contributed by atoms with van der Waals surface area (Å²) in [5.41, 5.74) is 2.41. The zero-order valence-corrected chi connectivity index (χ0v) is 14.7. The highest BCUT2D eigenvalue weighted by molar-refractivity contribution is 9.08. The number of phenols is 1. The number of aromatic hydroxyl groups is 1. The Hall–Kier alpha value is -2.07. The van der Waals surface area contributed by atoms with Crippen LogP contribution in [-0.4, -0.2) is 15.6 Å². The molecule has 0 atom stereocenters. The number of nitrogens with zero attached hydrogens (tertiary/aromatic N) is 1. The second-order valence-corrected chi connectivity index (χ2v) is 6.52. The molecule has 23 heavy (non-hydrogen) atoms. The van der Waals surface area contributed by atoms with Gasteiger partial charge in [-0.2, -0.15) is 0 Å². The van der Waals surface area contributed by atoms with Crippen molar-refractivity contribution in [2.75, 3.05) is 0 Å². The minimum atomic E-state index is -0.221. The van der Waals surface area contributed by atoms with Gasteiger partial charge in [-0.15, -0.1) is 0 Å². The van der Waals surface area contributed by atoms with E-state index in [1.165, 1.54) is 4.57 Å². The van der Waals surface area contributed by atoms with E-state index in [0.29, 0.717) is 10.9 Å². The SMILES string of the molecule is CC(C)c1cc(C(=O)n2cc3ccccc3c2)c(O)cc1CBr. The number of rotatable bonds is 3. The highest BCUT2D eigenvalue weighted by atomic mass is 79.9. The van der Waals surface area contributed by atoms with Crippen LogP contribution < -0.4 is 0 Å². The van der Waals surface area contributed by atoms with Gasteiger partial charge in [0.1, 0.15) is 5.75 Å². The van der Waals surface area contributed by atoms with E-state index in [2.05, 4.69) is 29.8 Å². The lowest BCUT2D eigenvalue weighted by Gasteiger charge is -2.14. The molecule has 1 aromatic heterocycles. The molecule has 0 aliphatic rings. The van der Waals surface area contributed by atoms with Crippen molar-refractivity contribution in [3.63, 3.8) is 0 Å². The van der Waals surface area contributed by atoms with Gasteiger partial charge in [0.05, 0.1) is 5.56 Å². The molecule has 0 spiro atoms. The molecule has 0 saturated heterocycles. The monoisotopic (exact) mass is 371 g/mol. The van der Waals surface area contributed by atoms with Gasteiger partial charge >= 0.3 is 0 Å². The number of phenolic OH excluding ortho intramolecular Hbond substituents is 1. The van der Waals surface area contributed by atoms with Crippen molar-refractivity contribution >= 4 is 32.6 Å². The summed E-state index contributed by atoms with van der Waals surface area (Å²) in [7, 11) is 0. The second-order valence-electron chi connectivity index (χ2n) is 5.96. The van der Waals surface area contributed by atoms with Crippen LogP contribution in [0.5, 0.6) is 5.75 Å². The van der Waals surface area contributed by atoms with Gasteiger partial charge in [0.2, 0.25) is 0 Å². The van der Waals surface area contributed by atoms with Crippen molar-refractivity contribution in [2.24, 2.45) is 0 Å². The number of aromatic nitrogens is 1. The van der Waals surface area contributed by atoms with E-state index in [-0.39, 0.29) is 17.6 Å². The van der Waals surface area contributed by atoms with E-state index in [1.807, 2.05) is 30.3 Å². The lowest BCUT2D eigenvalue weighted by atomic mass is 9.95. The fourth-order valence-corrected chi connectivity index (χ4v) is 3.30. The fourth-order valence-electron chi connectivity index (χ4n) is 2.81. The van der Waals surface area contributed by atoms with E-state index >= 15 is 0 Å². The number of alkyl halides is 1. The minimum Gasteiger partial charge on any atom is -0.507 e. The second kappa shape index (κ2) is 6.20. The third-order valence-corrected chi connectivity index (χ3v) is 4.64. The molecule has 4 heteroatoms. The van der Waals surface area contributed by atoms with Gasteiger partial charge < -0.3 is 5.11 Å². The highest BCUT2D eigenvalue weighted by Crippen LogP contribution is 2.30. The number of hydrogen-bond donors (Lipinski definition) is 1. The van der Waals surface area contributed by atoms with E-state index in [4.69, 9.17) is 0 Å². The number of carbonyl (C=O) groups excluding carboxylic acids is 1. The van der Waals surface area contributed by atoms with Crippen LogP contribution in [-0.2, 0) is 5.33 Å². The summed E-state index contributed by atoms with van der Waals surface area (Å²) >= 11 is 3.44. The average molecular weight is 372 g/mol. The van der Waals surface area contributed by atoms with Crippen molar-refractivity contribution < 1.29 is 9.90 Å². The van der Waals surface area contributed by atoms with E-state index in [1.54, 1.807) is 18.5 Å². The van der Waals surface area contributed by atoms with E-state index in [0.717, 1.165) is 21.9 Å². The van der Waals surface area contributed by atoms with Gasteiger partial charge in [-0.1, -0.05) is 54.0 Å². The van der Waals surface area contributed by atoms with Gasteiger partial charge in [0.25, 0.3) is 5.91 Å². The number of fused-ring (bicyclic) bond motifs is 1. The summed E-state index contributed by atoms with van der Waals surface area (Å²) in [6.45, 7) is 4.16. The number of benzene rings is 2. The van der Waals surface area contributed by atoms with Gasteiger partial charge in [0, 0.05) is 17.7 Å². The molecule has 3 nitrogen and oxygen atoms in total. The maximum Gasteiger partial charge on any atom is 0.265 e. The standard InChI is InChI=1S/C19H18BrNO2/c1-12(2)16-8-17(18(22)7-15(16)9-20)19(23)21-10-13-5-3-4-6-14(13)11-21/h3-8,10-12,22H,9H2,1-2H3. The quantitative estimate of drug-likeness (QED) is 0.654. The molecule has 0 amide bonds. The van der Waals surface area contributed by atoms with Gasteiger partial charge in [-0.25, -0.2) is 0 Å². The summed E-state index contributed by atoms with van der Waals surface area (Å²) < 4.78 is 1.54. The Morgan fingerprint density at radius 3 is 2.30 bits per heavy atom. The van der Waals surface area contributed by atoms with Gasteiger partial charge in [-0.05, 0) is 39.9 Å². The molecule has 1 heterocycles. The number of hydrogen-bond acceptors (Lipinski definition) is 2. The normalized spacial score (nSPS) is 11.3. The predicted octanol–water partition coefficient (Wildman–Crippen LogP) is 5.05. The molecule has 0 saturated carbocycles. The van der Waals surface area contributed by atoms with Crippen LogP contribution in [0.2, 0.25) is 0 Å². The Kier molecular flexibility index (Phi) is 4.26. The van der Waals surface area contributed by atoms with Gasteiger partial charge in [0.15, 0.2) is 0 Å². The highest BCUT2D eigenvalue weighted by Gasteiger charge is 2.18. The third kappa shape index (κ3) is 2.91. The Balaban J connectivity index is 2.09. The Bertz CT molecular complexity index is 847. The molecule has 0 aliphatic carbocycles. The maximum atomic E-state index is 12.8. The molecule has 0 bridgehead atoms. The minimum absolute atomic E-state index is 0.0200. The van der Waals surface area contributed by atoms with Crippen LogP contribution in [0.4, 0.5) is 0 Å². The molecular weight excluding hydrogens is 354 g/mol. The van der Waals surface area contributed by atoms with Crippen LogP contribution in [0.1, 0.15) is 41.3 Å². The molecule has 0 aliphatic heterocycles. The van der Waals surface area contributed by atoms with Crippen LogP contribution in [0, 0.1) is 0 Å². The number of halogens is 1. The average Bonchev–Trinajstić information content (AvgIpc) is 2.97. The first-order chi connectivity index (χ1) is 11.0. The molecular formula is C19H18BrNO2. The molecule has 3 rings (SSSR count). The van der Waals surface area contributed by atoms with Crippen LogP contribution in [0.25, 0.3) is 10.8 Å². The Morgan fingerprint density at radius 1 is 1.17 bits per heavy atom. The zero-order valence-electron chi connectivity index (χ0n) is 13.1. The first kappa shape index (κ1) is 15.8. The fraction of sp³-hybridized carbons (Fsp3) is 0.211. The molecule has 3 aromatic rings. The molecule has 0 unspecified atom stereocenters. The first-order valence-electron chi connectivity index (χ1n) is 7.54. The maximum absolute atomic E-state index is 12.8. The Morgan fingerprint density at radius 2 is 1.78 bits per heavy atom. The summed E-state index contributed by atoms with van der Waals surface area (Å²) in [5.74, 6) is 0.0757. The molecule has 0 radical (unpaired) electrons. The van der Waals surface area contributed by atoms with E-state index < -0.39 is 0 Å². The van der Waals surface area contributed by atoms with Crippen LogP contribution in [0.3, 0.4) is 0 Å². The van der Waals surface area contributed by atoms with Crippen LogP contribution in [0.15, 0.2) is 48.8 Å². The van der Waals surface area contributed by atoms with Gasteiger partial charge in [-0.3, -0.25) is 9.36 Å². The molecule has 118 valence electrons. The van der Waals surface area contributed by atoms with Crippen LogP contribution >= 0.6 is 15.9 Å². The van der Waals surface area contributed by atoms with Crippen molar-refractivity contribution in [3.8, 4) is 5.75 Å². The summed E-state index contributed by atoms with van der Waals surface area (Å²) in [6.07, 6.45) is 3.59. The zero-order chi connectivity index (χ0) is 16.6. The summed E-state index contributed by atoms with van der Waals surface area (Å²) in [5, 5.41) is 12.9.